The van der Waals surface area contributed by atoms with E-state index in [0.717, 1.165) is 12.1 Å². The van der Waals surface area contributed by atoms with E-state index in [1.54, 1.807) is 0 Å². The molecule has 0 unspecified atom stereocenters. The summed E-state index contributed by atoms with van der Waals surface area (Å²) in [6, 6.07) is 66.8. The molecule has 0 aliphatic heterocycles. The van der Waals surface area contributed by atoms with Crippen LogP contribution in [0.2, 0.25) is 0 Å². The molecule has 9 aromatic rings. The second-order valence-electron chi connectivity index (χ2n) is 14.3. The van der Waals surface area contributed by atoms with Gasteiger partial charge in [0.25, 0.3) is 0 Å². The van der Waals surface area contributed by atoms with E-state index in [1.165, 1.54) is 94.1 Å². The summed E-state index contributed by atoms with van der Waals surface area (Å²) in [4.78, 5) is 0. The molecule has 9 rings (SSSR count). The van der Waals surface area contributed by atoms with E-state index >= 15 is 0 Å². The Hall–Kier alpha value is -6.44. The normalized spacial score (nSPS) is 11.4. The number of hydrogen-bond acceptors (Lipinski definition) is 0. The van der Waals surface area contributed by atoms with Crippen molar-refractivity contribution >= 4 is 21.8 Å². The Morgan fingerprint density at radius 3 is 1.81 bits per heavy atom. The Labute approximate surface area is 312 Å². The molecule has 254 valence electrons. The minimum atomic E-state index is 0.909. The van der Waals surface area contributed by atoms with Gasteiger partial charge in [-0.15, -0.1) is 0 Å². The van der Waals surface area contributed by atoms with Crippen LogP contribution < -0.4 is 0 Å². The molecule has 0 aliphatic rings. The number of aromatic nitrogens is 1. The molecule has 0 fully saturated rings. The molecule has 0 spiro atoms. The van der Waals surface area contributed by atoms with E-state index in [0.29, 0.717) is 0 Å². The zero-order valence-corrected chi connectivity index (χ0v) is 30.5. The number of hydrogen-bond donors (Lipinski definition) is 0. The summed E-state index contributed by atoms with van der Waals surface area (Å²) >= 11 is 0. The number of benzene rings is 8. The van der Waals surface area contributed by atoms with Gasteiger partial charge < -0.3 is 4.57 Å². The molecule has 0 atom stereocenters. The predicted octanol–water partition coefficient (Wildman–Crippen LogP) is 14.0. The monoisotopic (exact) mass is 679 g/mol. The lowest BCUT2D eigenvalue weighted by atomic mass is 9.89. The lowest BCUT2D eigenvalue weighted by Crippen LogP contribution is -1.95. The summed E-state index contributed by atoms with van der Waals surface area (Å²) in [5, 5.41) is 2.52. The second-order valence-corrected chi connectivity index (χ2v) is 14.3. The van der Waals surface area contributed by atoms with Gasteiger partial charge >= 0.3 is 0 Å². The maximum atomic E-state index is 2.41. The summed E-state index contributed by atoms with van der Waals surface area (Å²) in [7, 11) is 0. The molecule has 1 heteroatoms. The Kier molecular flexibility index (Phi) is 8.33. The summed E-state index contributed by atoms with van der Waals surface area (Å²) in [5.41, 5.74) is 20.2. The maximum Gasteiger partial charge on any atom is 0.0541 e. The highest BCUT2D eigenvalue weighted by molar-refractivity contribution is 6.10. The van der Waals surface area contributed by atoms with Crippen LogP contribution in [0.1, 0.15) is 27.8 Å². The van der Waals surface area contributed by atoms with Gasteiger partial charge in [-0.05, 0) is 136 Å². The molecular formula is C52H41N. The van der Waals surface area contributed by atoms with Crippen molar-refractivity contribution in [3.05, 3.63) is 210 Å². The summed E-state index contributed by atoms with van der Waals surface area (Å²) < 4.78 is 2.41. The molecule has 8 aromatic carbocycles. The molecule has 53 heavy (non-hydrogen) atoms. The average molecular weight is 680 g/mol. The summed E-state index contributed by atoms with van der Waals surface area (Å²) in [6.45, 7) is 6.64. The number of para-hydroxylation sites is 1. The number of fused-ring (bicyclic) bond motifs is 3. The van der Waals surface area contributed by atoms with Crippen molar-refractivity contribution in [2.45, 2.75) is 27.2 Å². The van der Waals surface area contributed by atoms with E-state index in [9.17, 15) is 0 Å². The first-order valence-corrected chi connectivity index (χ1v) is 18.6. The van der Waals surface area contributed by atoms with Gasteiger partial charge in [0.15, 0.2) is 0 Å². The Bertz CT molecular complexity index is 2760. The number of rotatable bonds is 7. The van der Waals surface area contributed by atoms with Crippen LogP contribution in [0.4, 0.5) is 0 Å². The number of aryl methyl sites for hydroxylation is 3. The standard InChI is InChI=1S/C52H41N/c1-35-14-7-9-19-44(35)52-37(3)15-13-22-46(52)39-26-29-43(30-27-39)53-50-23-12-11-21-47(50)49-34-41(28-31-51(49)53)40-25-24-36(2)48(33-40)45-20-10-8-18-42(45)32-38-16-5-4-6-17-38/h4-31,33-34H,32H2,1-3H3. The van der Waals surface area contributed by atoms with Crippen LogP contribution in [0, 0.1) is 20.8 Å². The van der Waals surface area contributed by atoms with Crippen molar-refractivity contribution in [3.8, 4) is 50.2 Å². The Morgan fingerprint density at radius 1 is 0.377 bits per heavy atom. The zero-order valence-electron chi connectivity index (χ0n) is 30.5. The van der Waals surface area contributed by atoms with Crippen molar-refractivity contribution in [1.82, 2.24) is 4.57 Å². The van der Waals surface area contributed by atoms with Crippen LogP contribution in [0.15, 0.2) is 182 Å². The minimum absolute atomic E-state index is 0.909. The van der Waals surface area contributed by atoms with Crippen molar-refractivity contribution in [3.63, 3.8) is 0 Å². The summed E-state index contributed by atoms with van der Waals surface area (Å²) in [5.74, 6) is 0. The van der Waals surface area contributed by atoms with Gasteiger partial charge in [0, 0.05) is 16.5 Å². The van der Waals surface area contributed by atoms with E-state index < -0.39 is 0 Å². The highest BCUT2D eigenvalue weighted by Gasteiger charge is 2.16. The van der Waals surface area contributed by atoms with Crippen LogP contribution in [-0.4, -0.2) is 4.57 Å². The van der Waals surface area contributed by atoms with Gasteiger partial charge in [-0.3, -0.25) is 0 Å². The molecule has 1 heterocycles. The average Bonchev–Trinajstić information content (AvgIpc) is 3.53. The van der Waals surface area contributed by atoms with Crippen LogP contribution in [0.5, 0.6) is 0 Å². The van der Waals surface area contributed by atoms with Gasteiger partial charge in [-0.2, -0.15) is 0 Å². The van der Waals surface area contributed by atoms with Gasteiger partial charge in [0.2, 0.25) is 0 Å². The molecule has 0 saturated heterocycles. The Balaban J connectivity index is 1.11. The lowest BCUT2D eigenvalue weighted by Gasteiger charge is -2.16. The third-order valence-electron chi connectivity index (χ3n) is 10.9. The zero-order chi connectivity index (χ0) is 35.9. The van der Waals surface area contributed by atoms with Gasteiger partial charge in [0.1, 0.15) is 0 Å². The van der Waals surface area contributed by atoms with Crippen molar-refractivity contribution < 1.29 is 0 Å². The smallest absolute Gasteiger partial charge is 0.0541 e. The topological polar surface area (TPSA) is 4.93 Å². The van der Waals surface area contributed by atoms with E-state index in [-0.39, 0.29) is 0 Å². The quantitative estimate of drug-likeness (QED) is 0.158. The Morgan fingerprint density at radius 2 is 0.981 bits per heavy atom. The van der Waals surface area contributed by atoms with E-state index in [1.807, 2.05) is 0 Å². The van der Waals surface area contributed by atoms with Crippen LogP contribution in [0.25, 0.3) is 72.0 Å². The fraction of sp³-hybridized carbons (Fsp3) is 0.0769. The SMILES string of the molecule is Cc1ccc(-c2ccc3c(c2)c2ccccc2n3-c2ccc(-c3cccc(C)c3-c3ccccc3C)cc2)cc1-c1ccccc1Cc1ccccc1. The molecule has 0 bridgehead atoms. The van der Waals surface area contributed by atoms with E-state index in [4.69, 9.17) is 0 Å². The molecular weight excluding hydrogens is 639 g/mol. The van der Waals surface area contributed by atoms with Crippen LogP contribution in [-0.2, 0) is 6.42 Å². The summed E-state index contributed by atoms with van der Waals surface area (Å²) in [6.07, 6.45) is 0.909. The van der Waals surface area contributed by atoms with Gasteiger partial charge in [0.05, 0.1) is 11.0 Å². The number of nitrogens with zero attached hydrogens (tertiary/aromatic N) is 1. The molecule has 0 amide bonds. The van der Waals surface area contributed by atoms with Crippen molar-refractivity contribution in [1.29, 1.82) is 0 Å². The molecule has 0 aliphatic carbocycles. The second kappa shape index (κ2) is 13.6. The molecule has 1 nitrogen and oxygen atoms in total. The maximum absolute atomic E-state index is 2.41. The predicted molar refractivity (Wildman–Crippen MR) is 226 cm³/mol. The first kappa shape index (κ1) is 32.5. The highest BCUT2D eigenvalue weighted by atomic mass is 15.0. The van der Waals surface area contributed by atoms with Gasteiger partial charge in [-0.1, -0.05) is 146 Å². The van der Waals surface area contributed by atoms with Crippen LogP contribution >= 0.6 is 0 Å². The van der Waals surface area contributed by atoms with Gasteiger partial charge in [-0.25, -0.2) is 0 Å². The third kappa shape index (κ3) is 5.95. The fourth-order valence-electron chi connectivity index (χ4n) is 8.18. The van der Waals surface area contributed by atoms with Crippen LogP contribution in [0.3, 0.4) is 0 Å². The first-order chi connectivity index (χ1) is 26.0. The van der Waals surface area contributed by atoms with E-state index in [2.05, 4.69) is 207 Å². The molecule has 0 radical (unpaired) electrons. The lowest BCUT2D eigenvalue weighted by molar-refractivity contribution is 1.18. The highest BCUT2D eigenvalue weighted by Crippen LogP contribution is 2.39. The van der Waals surface area contributed by atoms with Crippen molar-refractivity contribution in [2.24, 2.45) is 0 Å². The molecule has 1 aromatic heterocycles. The largest absolute Gasteiger partial charge is 0.309 e. The third-order valence-corrected chi connectivity index (χ3v) is 10.9. The fourth-order valence-corrected chi connectivity index (χ4v) is 8.18. The van der Waals surface area contributed by atoms with Crippen molar-refractivity contribution in [2.75, 3.05) is 0 Å². The first-order valence-electron chi connectivity index (χ1n) is 18.6. The minimum Gasteiger partial charge on any atom is -0.309 e. The molecule has 0 saturated carbocycles. The molecule has 0 N–H and O–H groups in total.